The lowest BCUT2D eigenvalue weighted by atomic mass is 10.0. The summed E-state index contributed by atoms with van der Waals surface area (Å²) in [5.74, 6) is -1.92. The molecule has 1 aliphatic rings. The van der Waals surface area contributed by atoms with Crippen molar-refractivity contribution in [2.45, 2.75) is 33.7 Å². The van der Waals surface area contributed by atoms with Crippen molar-refractivity contribution in [2.24, 2.45) is 5.92 Å². The van der Waals surface area contributed by atoms with Crippen molar-refractivity contribution in [3.05, 3.63) is 53.6 Å². The van der Waals surface area contributed by atoms with Crippen LogP contribution in [0.15, 0.2) is 42.5 Å². The summed E-state index contributed by atoms with van der Waals surface area (Å²) in [5, 5.41) is 2.64. The van der Waals surface area contributed by atoms with Gasteiger partial charge in [0.2, 0.25) is 0 Å². The fourth-order valence-electron chi connectivity index (χ4n) is 3.68. The van der Waals surface area contributed by atoms with Crippen molar-refractivity contribution < 1.29 is 33.4 Å². The van der Waals surface area contributed by atoms with Gasteiger partial charge in [0, 0.05) is 11.8 Å². The van der Waals surface area contributed by atoms with Gasteiger partial charge in [-0.1, -0.05) is 26.0 Å². The molecule has 9 nitrogen and oxygen atoms in total. The van der Waals surface area contributed by atoms with Crippen LogP contribution in [-0.2, 0) is 14.3 Å². The van der Waals surface area contributed by atoms with Crippen LogP contribution in [0.1, 0.15) is 48.4 Å². The maximum Gasteiger partial charge on any atom is 0.330 e. The topological polar surface area (TPSA) is 111 Å². The highest BCUT2D eigenvalue weighted by molar-refractivity contribution is 6.22. The second-order valence-electron chi connectivity index (χ2n) is 7.90. The van der Waals surface area contributed by atoms with Crippen LogP contribution in [-0.4, -0.2) is 54.5 Å². The molecule has 3 amide bonds. The van der Waals surface area contributed by atoms with Gasteiger partial charge in [-0.15, -0.1) is 0 Å². The first-order chi connectivity index (χ1) is 16.3. The van der Waals surface area contributed by atoms with Gasteiger partial charge in [-0.2, -0.15) is 0 Å². The number of imide groups is 1. The lowest BCUT2D eigenvalue weighted by Crippen LogP contribution is -2.49. The molecule has 3 rings (SSSR count). The first-order valence-corrected chi connectivity index (χ1v) is 11.1. The zero-order chi connectivity index (χ0) is 24.8. The van der Waals surface area contributed by atoms with E-state index in [4.69, 9.17) is 14.2 Å². The summed E-state index contributed by atoms with van der Waals surface area (Å²) >= 11 is 0. The van der Waals surface area contributed by atoms with E-state index < -0.39 is 42.3 Å². The fourth-order valence-corrected chi connectivity index (χ4v) is 3.68. The molecule has 0 spiro atoms. The Morgan fingerprint density at radius 1 is 0.912 bits per heavy atom. The standard InChI is InChI=1S/C25H28N2O7/c1-5-32-19-12-11-16(13-20(19)33-6-2)26-21(28)14-34-25(31)22(15(3)4)27-23(29)17-9-7-8-10-18(17)24(27)30/h7-13,15,22H,5-6,14H2,1-4H3,(H,26,28)/t22-/m0/s1. The van der Waals surface area contributed by atoms with Gasteiger partial charge in [-0.05, 0) is 44.0 Å². The summed E-state index contributed by atoms with van der Waals surface area (Å²) in [5.41, 5.74) is 0.919. The van der Waals surface area contributed by atoms with E-state index in [1.807, 2.05) is 13.8 Å². The molecule has 1 N–H and O–H groups in total. The average Bonchev–Trinajstić information content (AvgIpc) is 3.05. The van der Waals surface area contributed by atoms with Crippen molar-refractivity contribution in [1.82, 2.24) is 4.90 Å². The first-order valence-electron chi connectivity index (χ1n) is 11.1. The number of anilines is 1. The minimum atomic E-state index is -1.16. The van der Waals surface area contributed by atoms with Crippen LogP contribution < -0.4 is 14.8 Å². The van der Waals surface area contributed by atoms with E-state index in [0.29, 0.717) is 30.4 Å². The van der Waals surface area contributed by atoms with Crippen molar-refractivity contribution in [3.8, 4) is 11.5 Å². The zero-order valence-corrected chi connectivity index (χ0v) is 19.6. The smallest absolute Gasteiger partial charge is 0.330 e. The molecule has 0 unspecified atom stereocenters. The Balaban J connectivity index is 1.66. The van der Waals surface area contributed by atoms with Crippen molar-refractivity contribution in [2.75, 3.05) is 25.1 Å². The highest BCUT2D eigenvalue weighted by atomic mass is 16.5. The average molecular weight is 469 g/mol. The number of amides is 3. The van der Waals surface area contributed by atoms with E-state index in [0.717, 1.165) is 4.90 Å². The Morgan fingerprint density at radius 3 is 2.06 bits per heavy atom. The fraction of sp³-hybridized carbons (Fsp3) is 0.360. The summed E-state index contributed by atoms with van der Waals surface area (Å²) < 4.78 is 16.2. The lowest BCUT2D eigenvalue weighted by Gasteiger charge is -2.27. The van der Waals surface area contributed by atoms with Gasteiger partial charge in [-0.25, -0.2) is 4.79 Å². The molecular formula is C25H28N2O7. The molecule has 1 heterocycles. The van der Waals surface area contributed by atoms with Gasteiger partial charge in [0.05, 0.1) is 24.3 Å². The van der Waals surface area contributed by atoms with Crippen LogP contribution in [0.4, 0.5) is 5.69 Å². The maximum absolute atomic E-state index is 12.8. The Bertz CT molecular complexity index is 1060. The third-order valence-corrected chi connectivity index (χ3v) is 5.15. The van der Waals surface area contributed by atoms with E-state index in [2.05, 4.69) is 5.32 Å². The van der Waals surface area contributed by atoms with Crippen LogP contribution >= 0.6 is 0 Å². The van der Waals surface area contributed by atoms with Crippen molar-refractivity contribution in [1.29, 1.82) is 0 Å². The van der Waals surface area contributed by atoms with Crippen molar-refractivity contribution in [3.63, 3.8) is 0 Å². The monoisotopic (exact) mass is 468 g/mol. The van der Waals surface area contributed by atoms with Gasteiger partial charge < -0.3 is 19.5 Å². The molecule has 0 bridgehead atoms. The summed E-state index contributed by atoms with van der Waals surface area (Å²) in [4.78, 5) is 51.7. The molecule has 34 heavy (non-hydrogen) atoms. The molecule has 1 atom stereocenters. The van der Waals surface area contributed by atoms with Crippen LogP contribution in [0.5, 0.6) is 11.5 Å². The van der Waals surface area contributed by atoms with Crippen LogP contribution in [0.25, 0.3) is 0 Å². The number of hydrogen-bond acceptors (Lipinski definition) is 7. The van der Waals surface area contributed by atoms with E-state index >= 15 is 0 Å². The van der Waals surface area contributed by atoms with Crippen LogP contribution in [0.3, 0.4) is 0 Å². The predicted molar refractivity (Wildman–Crippen MR) is 124 cm³/mol. The largest absolute Gasteiger partial charge is 0.490 e. The molecular weight excluding hydrogens is 440 g/mol. The predicted octanol–water partition coefficient (Wildman–Crippen LogP) is 3.29. The summed E-state index contributed by atoms with van der Waals surface area (Å²) in [6.45, 7) is 7.39. The van der Waals surface area contributed by atoms with Crippen LogP contribution in [0, 0.1) is 5.92 Å². The Hall–Kier alpha value is -3.88. The van der Waals surface area contributed by atoms with E-state index in [1.54, 1.807) is 56.3 Å². The number of hydrogen-bond donors (Lipinski definition) is 1. The highest BCUT2D eigenvalue weighted by Crippen LogP contribution is 2.31. The number of carbonyl (C=O) groups excluding carboxylic acids is 4. The molecule has 0 aliphatic carbocycles. The third kappa shape index (κ3) is 5.19. The molecule has 0 saturated heterocycles. The summed E-state index contributed by atoms with van der Waals surface area (Å²) in [7, 11) is 0. The molecule has 180 valence electrons. The number of ether oxygens (including phenoxy) is 3. The lowest BCUT2D eigenvalue weighted by molar-refractivity contribution is -0.152. The van der Waals surface area contributed by atoms with Gasteiger partial charge in [0.1, 0.15) is 6.04 Å². The quantitative estimate of drug-likeness (QED) is 0.421. The number of carbonyl (C=O) groups is 4. The number of esters is 1. The van der Waals surface area contributed by atoms with E-state index in [1.165, 1.54) is 0 Å². The number of nitrogens with one attached hydrogen (secondary N) is 1. The Kier molecular flexibility index (Phi) is 7.88. The summed E-state index contributed by atoms with van der Waals surface area (Å²) in [6.07, 6.45) is 0. The number of benzene rings is 2. The van der Waals surface area contributed by atoms with Gasteiger partial charge in [0.15, 0.2) is 18.1 Å². The normalized spacial score (nSPS) is 13.5. The Morgan fingerprint density at radius 2 is 1.50 bits per heavy atom. The van der Waals surface area contributed by atoms with Crippen molar-refractivity contribution >= 4 is 29.4 Å². The molecule has 0 fully saturated rings. The van der Waals surface area contributed by atoms with Gasteiger partial charge in [0.25, 0.3) is 17.7 Å². The molecule has 0 saturated carbocycles. The molecule has 0 radical (unpaired) electrons. The SMILES string of the molecule is CCOc1ccc(NC(=O)COC(=O)[C@H](C(C)C)N2C(=O)c3ccccc3C2=O)cc1OCC. The molecule has 9 heteroatoms. The second-order valence-corrected chi connectivity index (χ2v) is 7.90. The van der Waals surface area contributed by atoms with E-state index in [9.17, 15) is 19.2 Å². The second kappa shape index (κ2) is 10.8. The maximum atomic E-state index is 12.8. The Labute approximate surface area is 198 Å². The third-order valence-electron chi connectivity index (χ3n) is 5.15. The van der Waals surface area contributed by atoms with E-state index in [-0.39, 0.29) is 11.1 Å². The first kappa shape index (κ1) is 24.8. The number of fused-ring (bicyclic) bond motifs is 1. The number of nitrogens with zero attached hydrogens (tertiary/aromatic N) is 1. The highest BCUT2D eigenvalue weighted by Gasteiger charge is 2.44. The van der Waals surface area contributed by atoms with Gasteiger partial charge in [-0.3, -0.25) is 19.3 Å². The van der Waals surface area contributed by atoms with Crippen LogP contribution in [0.2, 0.25) is 0 Å². The minimum absolute atomic E-state index is 0.240. The zero-order valence-electron chi connectivity index (χ0n) is 19.6. The molecule has 1 aliphatic heterocycles. The summed E-state index contributed by atoms with van der Waals surface area (Å²) in [6, 6.07) is 10.2. The number of rotatable bonds is 10. The minimum Gasteiger partial charge on any atom is -0.490 e. The molecule has 0 aromatic heterocycles. The molecule has 2 aromatic rings. The van der Waals surface area contributed by atoms with Gasteiger partial charge >= 0.3 is 5.97 Å². The molecule has 2 aromatic carbocycles.